The van der Waals surface area contributed by atoms with Crippen LogP contribution in [0.1, 0.15) is 88.5 Å². The lowest BCUT2D eigenvalue weighted by atomic mass is 9.98. The summed E-state index contributed by atoms with van der Waals surface area (Å²) in [6, 6.07) is -3.52. The van der Waals surface area contributed by atoms with Crippen molar-refractivity contribution in [3.63, 3.8) is 0 Å². The molecule has 14 heteroatoms. The molecule has 3 amide bonds. The molecule has 0 aromatic heterocycles. The summed E-state index contributed by atoms with van der Waals surface area (Å²) in [6.07, 6.45) is 1.49. The van der Waals surface area contributed by atoms with Gasteiger partial charge in [-0.05, 0) is 49.4 Å². The molecule has 0 fully saturated rings. The molecule has 0 aliphatic rings. The van der Waals surface area contributed by atoms with Crippen LogP contribution in [0.5, 0.6) is 0 Å². The van der Waals surface area contributed by atoms with Gasteiger partial charge < -0.3 is 43.2 Å². The Morgan fingerprint density at radius 3 is 1.30 bits per heavy atom. The minimum absolute atomic E-state index is 0. The maximum absolute atomic E-state index is 13.1. The predicted octanol–water partition coefficient (Wildman–Crippen LogP) is 1.43. The average molecular weight is 616 g/mol. The number of aliphatic imine (C=N–C) groups is 1. The smallest absolute Gasteiger partial charge is 0.326 e. The van der Waals surface area contributed by atoms with Crippen LogP contribution in [0.15, 0.2) is 4.99 Å². The van der Waals surface area contributed by atoms with E-state index in [1.165, 1.54) is 0 Å². The van der Waals surface area contributed by atoms with Crippen LogP contribution >= 0.6 is 0 Å². The molecule has 0 spiro atoms. The third-order valence-corrected chi connectivity index (χ3v) is 5.76. The second kappa shape index (κ2) is 22.2. The van der Waals surface area contributed by atoms with E-state index < -0.39 is 47.9 Å². The van der Waals surface area contributed by atoms with Gasteiger partial charge in [0.15, 0.2) is 5.96 Å². The van der Waals surface area contributed by atoms with E-state index in [2.05, 4.69) is 20.9 Å². The summed E-state index contributed by atoms with van der Waals surface area (Å²) in [4.78, 5) is 55.1. The van der Waals surface area contributed by atoms with Crippen molar-refractivity contribution in [2.24, 2.45) is 45.9 Å². The summed E-state index contributed by atoms with van der Waals surface area (Å²) in [5.74, 6) is -2.09. The number of carboxylic acids is 1. The second-order valence-corrected chi connectivity index (χ2v) is 12.4. The van der Waals surface area contributed by atoms with E-state index in [9.17, 15) is 24.3 Å². The first-order valence-electron chi connectivity index (χ1n) is 14.4. The molecule has 0 saturated carbocycles. The van der Waals surface area contributed by atoms with Crippen molar-refractivity contribution >= 4 is 35.6 Å². The predicted molar refractivity (Wildman–Crippen MR) is 173 cm³/mol. The number of hydrogen-bond acceptors (Lipinski definition) is 6. The molecule has 0 bridgehead atoms. The zero-order valence-electron chi connectivity index (χ0n) is 27.2. The summed E-state index contributed by atoms with van der Waals surface area (Å²) in [6.45, 7) is 15.4. The Morgan fingerprint density at radius 2 is 1.02 bits per heavy atom. The van der Waals surface area contributed by atoms with Gasteiger partial charge in [-0.1, -0.05) is 62.8 Å². The first-order valence-corrected chi connectivity index (χ1v) is 14.4. The number of amides is 3. The minimum atomic E-state index is -1.12. The second-order valence-electron chi connectivity index (χ2n) is 12.4. The Kier molecular flexibility index (Phi) is 22.7. The number of nitrogens with zero attached hydrogens (tertiary/aromatic N) is 2. The summed E-state index contributed by atoms with van der Waals surface area (Å²) >= 11 is 0. The molecule has 4 unspecified atom stereocenters. The lowest BCUT2D eigenvalue weighted by molar-refractivity contribution is -0.143. The van der Waals surface area contributed by atoms with E-state index in [1.807, 2.05) is 55.4 Å². The summed E-state index contributed by atoms with van der Waals surface area (Å²) in [5, 5.41) is 24.2. The van der Waals surface area contributed by atoms with Gasteiger partial charge in [-0.25, -0.2) is 4.79 Å². The number of nitrogens with one attached hydrogen (secondary N) is 4. The van der Waals surface area contributed by atoms with Gasteiger partial charge in [0.05, 0.1) is 6.04 Å². The van der Waals surface area contributed by atoms with Crippen molar-refractivity contribution < 1.29 is 24.3 Å². The first kappa shape index (κ1) is 44.0. The summed E-state index contributed by atoms with van der Waals surface area (Å²) < 4.78 is 0. The number of rotatable bonds is 15. The number of guanidine groups is 2. The molecule has 0 aromatic carbocycles. The summed E-state index contributed by atoms with van der Waals surface area (Å²) in [5.41, 5.74) is 16.2. The Labute approximate surface area is 258 Å². The first-order chi connectivity index (χ1) is 19.2. The highest BCUT2D eigenvalue weighted by atomic mass is 16.4. The number of carboxylic acid groups (broad SMARTS) is 1. The molecule has 14 nitrogen and oxygen atoms in total. The van der Waals surface area contributed by atoms with Gasteiger partial charge in [0.2, 0.25) is 23.7 Å². The van der Waals surface area contributed by atoms with Crippen molar-refractivity contribution in [1.29, 1.82) is 5.41 Å². The maximum Gasteiger partial charge on any atom is 0.326 e. The largest absolute Gasteiger partial charge is 0.480 e. The van der Waals surface area contributed by atoms with Gasteiger partial charge in [-0.3, -0.25) is 19.8 Å². The number of hydrogen-bond donors (Lipinski definition) is 8. The van der Waals surface area contributed by atoms with E-state index in [1.54, 1.807) is 19.0 Å². The van der Waals surface area contributed by atoms with Crippen LogP contribution in [-0.4, -0.2) is 83.9 Å². The Bertz CT molecular complexity index is 905. The molecule has 0 aliphatic carbocycles. The van der Waals surface area contributed by atoms with Crippen LogP contribution < -0.4 is 33.2 Å². The number of carbonyl (C=O) groups is 4. The SMILES string of the molecule is C.CC(C)CC(N)C(=O)NC(CC(C)C)C(=O)NC(CC(C)C)C(=O)NC(CC(C)C)C(=O)O.CN(C)C(N)=NC(=N)N. The highest BCUT2D eigenvalue weighted by Gasteiger charge is 2.31. The van der Waals surface area contributed by atoms with Crippen molar-refractivity contribution in [2.75, 3.05) is 14.1 Å². The highest BCUT2D eigenvalue weighted by molar-refractivity contribution is 5.94. The number of nitrogens with two attached hydrogens (primary N) is 3. The third kappa shape index (κ3) is 21.9. The zero-order chi connectivity index (χ0) is 33.3. The molecule has 43 heavy (non-hydrogen) atoms. The van der Waals surface area contributed by atoms with Crippen molar-refractivity contribution in [3.8, 4) is 0 Å². The fourth-order valence-corrected chi connectivity index (χ4v) is 3.76. The highest BCUT2D eigenvalue weighted by Crippen LogP contribution is 2.11. The van der Waals surface area contributed by atoms with Crippen LogP contribution in [0, 0.1) is 29.1 Å². The molecule has 252 valence electrons. The van der Waals surface area contributed by atoms with Crippen molar-refractivity contribution in [2.45, 2.75) is 113 Å². The zero-order valence-corrected chi connectivity index (χ0v) is 27.2. The average Bonchev–Trinajstić information content (AvgIpc) is 2.81. The van der Waals surface area contributed by atoms with Gasteiger partial charge in [0.1, 0.15) is 18.1 Å². The van der Waals surface area contributed by atoms with Crippen LogP contribution in [0.4, 0.5) is 0 Å². The monoisotopic (exact) mass is 615 g/mol. The van der Waals surface area contributed by atoms with Gasteiger partial charge in [-0.15, -0.1) is 0 Å². The maximum atomic E-state index is 13.1. The molecular formula is C29H61N9O5. The number of carbonyl (C=O) groups excluding carboxylic acids is 3. The molecule has 0 radical (unpaired) electrons. The Balaban J connectivity index is -0.00000137. The van der Waals surface area contributed by atoms with Gasteiger partial charge in [-0.2, -0.15) is 4.99 Å². The van der Waals surface area contributed by atoms with Gasteiger partial charge in [0.25, 0.3) is 0 Å². The normalized spacial score (nSPS) is 14.1. The molecule has 4 atom stereocenters. The Morgan fingerprint density at radius 1 is 0.698 bits per heavy atom. The molecule has 0 aromatic rings. The van der Waals surface area contributed by atoms with Crippen LogP contribution in [0.25, 0.3) is 0 Å². The lowest BCUT2D eigenvalue weighted by Crippen LogP contribution is -2.57. The van der Waals surface area contributed by atoms with Crippen LogP contribution in [0.3, 0.4) is 0 Å². The van der Waals surface area contributed by atoms with Crippen molar-refractivity contribution in [3.05, 3.63) is 0 Å². The van der Waals surface area contributed by atoms with E-state index >= 15 is 0 Å². The van der Waals surface area contributed by atoms with Gasteiger partial charge in [0, 0.05) is 14.1 Å². The minimum Gasteiger partial charge on any atom is -0.480 e. The number of aliphatic carboxylic acids is 1. The molecule has 11 N–H and O–H groups in total. The third-order valence-electron chi connectivity index (χ3n) is 5.76. The Hall–Kier alpha value is -3.42. The fraction of sp³-hybridized carbons (Fsp3) is 0.793. The standard InChI is InChI=1S/C24H46N4O5.C4H11N5.CH4/c1-13(2)9-17(25)21(29)26-18(10-14(3)4)22(30)27-19(11-15(5)6)23(31)28-20(24(32)33)12-16(7)8;1-9(2)4(7)8-3(5)6;/h13-20H,9-12,25H2,1-8H3,(H,26,29)(H,27,30)(H,28,31)(H,32,33);1-2H3,(H5,5,6,7,8);1H4. The summed E-state index contributed by atoms with van der Waals surface area (Å²) in [7, 11) is 3.45. The van der Waals surface area contributed by atoms with Crippen molar-refractivity contribution in [1.82, 2.24) is 20.9 Å². The lowest BCUT2D eigenvalue weighted by Gasteiger charge is -2.27. The van der Waals surface area contributed by atoms with E-state index in [4.69, 9.17) is 22.6 Å². The van der Waals surface area contributed by atoms with E-state index in [0.717, 1.165) is 0 Å². The topological polar surface area (TPSA) is 242 Å². The molecule has 0 saturated heterocycles. The fourth-order valence-electron chi connectivity index (χ4n) is 3.76. The molecule has 0 rings (SSSR count). The van der Waals surface area contributed by atoms with E-state index in [0.29, 0.717) is 19.3 Å². The van der Waals surface area contributed by atoms with E-state index in [-0.39, 0.29) is 49.4 Å². The van der Waals surface area contributed by atoms with Crippen LogP contribution in [0.2, 0.25) is 0 Å². The molecular weight excluding hydrogens is 554 g/mol. The quantitative estimate of drug-likeness (QED) is 0.0979. The van der Waals surface area contributed by atoms with Crippen LogP contribution in [-0.2, 0) is 19.2 Å². The molecule has 0 aliphatic heterocycles. The van der Waals surface area contributed by atoms with Gasteiger partial charge >= 0.3 is 5.97 Å². The molecule has 0 heterocycles.